The summed E-state index contributed by atoms with van der Waals surface area (Å²) in [6.07, 6.45) is 0. The molecule has 0 N–H and O–H groups in total. The number of fused-ring (bicyclic) bond motifs is 1. The van der Waals surface area contributed by atoms with E-state index in [1.54, 1.807) is 24.3 Å². The first-order valence-corrected chi connectivity index (χ1v) is 7.65. The van der Waals surface area contributed by atoms with Crippen LogP contribution in [0.15, 0.2) is 84.9 Å². The van der Waals surface area contributed by atoms with Crippen molar-refractivity contribution in [3.8, 4) is 22.5 Å². The minimum atomic E-state index is 0.329. The average molecular weight is 314 g/mol. The number of aromatic nitrogens is 2. The van der Waals surface area contributed by atoms with Gasteiger partial charge in [0.05, 0.1) is 10.5 Å². The molecule has 0 aliphatic carbocycles. The van der Waals surface area contributed by atoms with Crippen molar-refractivity contribution in [3.05, 3.63) is 95.0 Å². The number of rotatable bonds is 2. The lowest BCUT2D eigenvalue weighted by molar-refractivity contribution is -0.574. The first kappa shape index (κ1) is 14.2. The number of benzene rings is 3. The van der Waals surface area contributed by atoms with Crippen molar-refractivity contribution in [2.75, 3.05) is 0 Å². The standard InChI is InChI=1S/C20H14N2O2/c23-21-19(16-7-2-1-3-8-16)12-13-20(22(21)24)18-11-10-15-6-4-5-9-17(15)14-18/h1-14H. The van der Waals surface area contributed by atoms with E-state index in [-0.39, 0.29) is 0 Å². The second-order valence-electron chi connectivity index (χ2n) is 5.58. The van der Waals surface area contributed by atoms with Gasteiger partial charge in [0.15, 0.2) is 4.54 Å². The number of hydrogen-bond acceptors (Lipinski definition) is 2. The van der Waals surface area contributed by atoms with Crippen LogP contribution < -0.4 is 4.54 Å². The third kappa shape index (κ3) is 2.34. The minimum Gasteiger partial charge on any atom is -0.755 e. The Balaban J connectivity index is 1.87. The summed E-state index contributed by atoms with van der Waals surface area (Å²) in [6.45, 7) is 0. The predicted molar refractivity (Wildman–Crippen MR) is 94.9 cm³/mol. The molecule has 0 aliphatic heterocycles. The van der Waals surface area contributed by atoms with Gasteiger partial charge in [0.1, 0.15) is 5.69 Å². The van der Waals surface area contributed by atoms with Gasteiger partial charge in [0.25, 0.3) is 5.69 Å². The summed E-state index contributed by atoms with van der Waals surface area (Å²) < 4.78 is 0.395. The van der Waals surface area contributed by atoms with Crippen LogP contribution in [0.3, 0.4) is 0 Å². The van der Waals surface area contributed by atoms with Crippen LogP contribution in [0.4, 0.5) is 0 Å². The zero-order chi connectivity index (χ0) is 16.5. The highest BCUT2D eigenvalue weighted by Gasteiger charge is 2.16. The van der Waals surface area contributed by atoms with Crippen LogP contribution in [0.5, 0.6) is 0 Å². The molecule has 4 heteroatoms. The Bertz CT molecular complexity index is 1090. The van der Waals surface area contributed by atoms with E-state index in [9.17, 15) is 10.1 Å². The molecule has 0 atom stereocenters. The lowest BCUT2D eigenvalue weighted by Gasteiger charge is -2.09. The molecule has 1 heterocycles. The zero-order valence-corrected chi connectivity index (χ0v) is 12.8. The quantitative estimate of drug-likeness (QED) is 0.520. The monoisotopic (exact) mass is 314 g/mol. The summed E-state index contributed by atoms with van der Waals surface area (Å²) in [5.74, 6) is 0. The van der Waals surface area contributed by atoms with Crippen molar-refractivity contribution >= 4 is 10.8 Å². The van der Waals surface area contributed by atoms with Crippen LogP contribution in [0.1, 0.15) is 0 Å². The van der Waals surface area contributed by atoms with E-state index in [1.807, 2.05) is 60.7 Å². The second-order valence-corrected chi connectivity index (χ2v) is 5.58. The predicted octanol–water partition coefficient (Wildman–Crippen LogP) is 4.24. The van der Waals surface area contributed by atoms with Gasteiger partial charge in [-0.15, -0.1) is 4.85 Å². The molecule has 0 saturated carbocycles. The number of hydrogen-bond donors (Lipinski definition) is 0. The van der Waals surface area contributed by atoms with Crippen LogP contribution in [0, 0.1) is 10.1 Å². The fourth-order valence-electron chi connectivity index (χ4n) is 2.85. The topological polar surface area (TPSA) is 51.0 Å². The van der Waals surface area contributed by atoms with E-state index in [1.165, 1.54) is 0 Å². The molecule has 1 aromatic heterocycles. The molecule has 0 bridgehead atoms. The van der Waals surface area contributed by atoms with Crippen LogP contribution in [-0.2, 0) is 0 Å². The molecule has 0 aliphatic rings. The van der Waals surface area contributed by atoms with Crippen molar-refractivity contribution in [1.29, 1.82) is 0 Å². The Labute approximate surface area is 138 Å². The van der Waals surface area contributed by atoms with E-state index in [4.69, 9.17) is 0 Å². The SMILES string of the molecule is O=[n+]1c(-c2ccc3ccccc3c2)ccc(-c2ccccc2)n1[O-]. The fraction of sp³-hybridized carbons (Fsp3) is 0. The van der Waals surface area contributed by atoms with Gasteiger partial charge < -0.3 is 5.21 Å². The summed E-state index contributed by atoms with van der Waals surface area (Å²) in [7, 11) is 0. The average Bonchev–Trinajstić information content (AvgIpc) is 2.64. The van der Waals surface area contributed by atoms with Gasteiger partial charge in [-0.05, 0) is 29.0 Å². The first-order valence-electron chi connectivity index (χ1n) is 7.65. The van der Waals surface area contributed by atoms with Crippen molar-refractivity contribution in [3.63, 3.8) is 0 Å². The third-order valence-electron chi connectivity index (χ3n) is 4.09. The first-order chi connectivity index (χ1) is 11.7. The van der Waals surface area contributed by atoms with Crippen LogP contribution in [0.25, 0.3) is 33.3 Å². The van der Waals surface area contributed by atoms with Gasteiger partial charge in [-0.2, -0.15) is 0 Å². The van der Waals surface area contributed by atoms with E-state index >= 15 is 0 Å². The van der Waals surface area contributed by atoms with Crippen LogP contribution in [-0.4, -0.2) is 4.85 Å². The summed E-state index contributed by atoms with van der Waals surface area (Å²) >= 11 is 0. The molecule has 3 aromatic carbocycles. The Morgan fingerprint density at radius 2 is 1.42 bits per heavy atom. The molecule has 0 fully saturated rings. The summed E-state index contributed by atoms with van der Waals surface area (Å²) in [6, 6.07) is 26.2. The van der Waals surface area contributed by atoms with Crippen molar-refractivity contribution in [2.24, 2.45) is 0 Å². The summed E-state index contributed by atoms with van der Waals surface area (Å²) in [5, 5.41) is 14.5. The highest BCUT2D eigenvalue weighted by atomic mass is 16.5. The molecule has 0 saturated heterocycles. The highest BCUT2D eigenvalue weighted by molar-refractivity contribution is 5.86. The summed E-state index contributed by atoms with van der Waals surface area (Å²) in [4.78, 5) is 12.9. The van der Waals surface area contributed by atoms with Crippen molar-refractivity contribution < 1.29 is 4.54 Å². The van der Waals surface area contributed by atoms with Gasteiger partial charge >= 0.3 is 0 Å². The van der Waals surface area contributed by atoms with Crippen LogP contribution in [0.2, 0.25) is 0 Å². The van der Waals surface area contributed by atoms with Gasteiger partial charge in [-0.1, -0.05) is 60.7 Å². The van der Waals surface area contributed by atoms with E-state index in [2.05, 4.69) is 0 Å². The molecule has 4 rings (SSSR count). The largest absolute Gasteiger partial charge is 0.755 e. The molecular formula is C20H14N2O2. The smallest absolute Gasteiger partial charge is 0.299 e. The third-order valence-corrected chi connectivity index (χ3v) is 4.09. The number of nitrogens with zero attached hydrogens (tertiary/aromatic N) is 2. The second kappa shape index (κ2) is 5.66. The molecule has 0 amide bonds. The van der Waals surface area contributed by atoms with Gasteiger partial charge in [-0.3, -0.25) is 0 Å². The Hall–Kier alpha value is -3.40. The highest BCUT2D eigenvalue weighted by Crippen LogP contribution is 2.24. The van der Waals surface area contributed by atoms with Crippen molar-refractivity contribution in [2.45, 2.75) is 0 Å². The molecule has 0 unspecified atom stereocenters. The van der Waals surface area contributed by atoms with E-state index in [0.29, 0.717) is 31.9 Å². The fourth-order valence-corrected chi connectivity index (χ4v) is 2.85. The molecule has 116 valence electrons. The zero-order valence-electron chi connectivity index (χ0n) is 12.8. The molecule has 24 heavy (non-hydrogen) atoms. The van der Waals surface area contributed by atoms with Crippen molar-refractivity contribution in [1.82, 2.24) is 4.85 Å². The molecular weight excluding hydrogens is 300 g/mol. The molecule has 4 aromatic rings. The molecule has 0 radical (unpaired) electrons. The minimum absolute atomic E-state index is 0.329. The van der Waals surface area contributed by atoms with Gasteiger partial charge in [0.2, 0.25) is 0 Å². The summed E-state index contributed by atoms with van der Waals surface area (Å²) in [5.41, 5.74) is 2.08. The lowest BCUT2D eigenvalue weighted by Crippen LogP contribution is -2.31. The maximum atomic E-state index is 12.5. The Morgan fingerprint density at radius 1 is 0.708 bits per heavy atom. The molecule has 4 nitrogen and oxygen atoms in total. The Kier molecular flexibility index (Phi) is 3.35. The van der Waals surface area contributed by atoms with Gasteiger partial charge in [0, 0.05) is 11.6 Å². The molecule has 0 spiro atoms. The van der Waals surface area contributed by atoms with Crippen LogP contribution >= 0.6 is 0 Å². The van der Waals surface area contributed by atoms with Gasteiger partial charge in [-0.25, -0.2) is 0 Å². The van der Waals surface area contributed by atoms with E-state index < -0.39 is 0 Å². The Morgan fingerprint density at radius 3 is 2.21 bits per heavy atom. The lowest BCUT2D eigenvalue weighted by atomic mass is 10.0. The normalized spacial score (nSPS) is 10.8. The maximum Gasteiger partial charge on any atom is 0.299 e. The maximum absolute atomic E-state index is 12.5. The van der Waals surface area contributed by atoms with E-state index in [0.717, 1.165) is 10.8 Å².